The highest BCUT2D eigenvalue weighted by atomic mass is 16.5. The molecule has 2 aromatic heterocycles. The van der Waals surface area contributed by atoms with Gasteiger partial charge in [-0.3, -0.25) is 4.79 Å². The Morgan fingerprint density at radius 1 is 1.24 bits per heavy atom. The lowest BCUT2D eigenvalue weighted by atomic mass is 10.1. The number of nitrogens with zero attached hydrogens (tertiary/aromatic N) is 4. The molecule has 0 aliphatic rings. The number of ether oxygens (including phenoxy) is 1. The maximum absolute atomic E-state index is 11.1. The Hall–Kier alpha value is -3.09. The highest BCUT2D eigenvalue weighted by molar-refractivity contribution is 5.88. The van der Waals surface area contributed by atoms with Crippen LogP contribution >= 0.6 is 0 Å². The van der Waals surface area contributed by atoms with Gasteiger partial charge in [0.1, 0.15) is 5.75 Å². The topological polar surface area (TPSA) is 80.5 Å². The van der Waals surface area contributed by atoms with Gasteiger partial charge < -0.3 is 19.3 Å². The third kappa shape index (κ3) is 5.04. The van der Waals surface area contributed by atoms with Crippen LogP contribution in [0.5, 0.6) is 5.75 Å². The number of carboxylic acid groups (broad SMARTS) is 1. The Morgan fingerprint density at radius 3 is 2.66 bits per heavy atom. The van der Waals surface area contributed by atoms with E-state index in [1.54, 1.807) is 0 Å². The lowest BCUT2D eigenvalue weighted by molar-refractivity contribution is -0.136. The molecule has 2 heterocycles. The summed E-state index contributed by atoms with van der Waals surface area (Å²) < 4.78 is 7.87. The fourth-order valence-electron chi connectivity index (χ4n) is 3.39. The maximum Gasteiger partial charge on any atom is 0.307 e. The van der Waals surface area contributed by atoms with Crippen LogP contribution in [-0.4, -0.2) is 45.3 Å². The van der Waals surface area contributed by atoms with Crippen molar-refractivity contribution in [1.29, 1.82) is 0 Å². The van der Waals surface area contributed by atoms with Crippen molar-refractivity contribution in [1.82, 2.24) is 14.5 Å². The number of benzene rings is 1. The lowest BCUT2D eigenvalue weighted by Gasteiger charge is -2.20. The van der Waals surface area contributed by atoms with Crippen molar-refractivity contribution < 1.29 is 14.6 Å². The van der Waals surface area contributed by atoms with Gasteiger partial charge in [-0.2, -0.15) is 0 Å². The Kier molecular flexibility index (Phi) is 6.69. The molecule has 0 unspecified atom stereocenters. The molecular formula is C22H28N4O3. The van der Waals surface area contributed by atoms with Crippen LogP contribution in [0.3, 0.4) is 0 Å². The second kappa shape index (κ2) is 9.41. The van der Waals surface area contributed by atoms with Crippen LogP contribution in [0, 0.1) is 0 Å². The first-order chi connectivity index (χ1) is 14.0. The van der Waals surface area contributed by atoms with Crippen molar-refractivity contribution in [2.75, 3.05) is 24.6 Å². The van der Waals surface area contributed by atoms with E-state index < -0.39 is 5.97 Å². The number of aliphatic carboxylic acids is 1. The zero-order valence-electron chi connectivity index (χ0n) is 17.3. The van der Waals surface area contributed by atoms with Gasteiger partial charge in [-0.15, -0.1) is 0 Å². The Bertz CT molecular complexity index is 966. The molecule has 7 heteroatoms. The van der Waals surface area contributed by atoms with Crippen molar-refractivity contribution in [3.05, 3.63) is 47.9 Å². The van der Waals surface area contributed by atoms with E-state index in [1.165, 1.54) is 0 Å². The van der Waals surface area contributed by atoms with Gasteiger partial charge >= 0.3 is 5.97 Å². The highest BCUT2D eigenvalue weighted by Crippen LogP contribution is 2.26. The van der Waals surface area contributed by atoms with Crippen LogP contribution in [0.25, 0.3) is 10.9 Å². The first-order valence-electron chi connectivity index (χ1n) is 10.00. The van der Waals surface area contributed by atoms with E-state index in [0.29, 0.717) is 6.61 Å². The van der Waals surface area contributed by atoms with E-state index in [2.05, 4.69) is 28.7 Å². The summed E-state index contributed by atoms with van der Waals surface area (Å²) in [4.78, 5) is 22.1. The van der Waals surface area contributed by atoms with Crippen LogP contribution in [0.15, 0.2) is 36.8 Å². The third-order valence-corrected chi connectivity index (χ3v) is 4.99. The summed E-state index contributed by atoms with van der Waals surface area (Å²) in [6.07, 6.45) is 7.40. The Morgan fingerprint density at radius 2 is 2.00 bits per heavy atom. The van der Waals surface area contributed by atoms with E-state index in [1.807, 2.05) is 48.4 Å². The van der Waals surface area contributed by atoms with Crippen LogP contribution in [0.2, 0.25) is 0 Å². The van der Waals surface area contributed by atoms with Gasteiger partial charge in [0.2, 0.25) is 5.95 Å². The number of anilines is 1. The average Bonchev–Trinajstić information content (AvgIpc) is 3.02. The maximum atomic E-state index is 11.1. The molecule has 0 saturated heterocycles. The zero-order chi connectivity index (χ0) is 20.8. The predicted molar refractivity (Wildman–Crippen MR) is 114 cm³/mol. The molecule has 0 spiro atoms. The normalized spacial score (nSPS) is 11.0. The van der Waals surface area contributed by atoms with Crippen LogP contribution in [0.1, 0.15) is 31.4 Å². The van der Waals surface area contributed by atoms with Crippen molar-refractivity contribution >= 4 is 22.8 Å². The third-order valence-electron chi connectivity index (χ3n) is 4.99. The molecule has 1 aromatic carbocycles. The van der Waals surface area contributed by atoms with Gasteiger partial charge in [-0.1, -0.05) is 6.92 Å². The van der Waals surface area contributed by atoms with E-state index in [9.17, 15) is 4.79 Å². The fourth-order valence-corrected chi connectivity index (χ4v) is 3.39. The standard InChI is InChI=1S/C22H28N4O3/c1-4-16-13-23-22(24-14-16)26(5-2)9-6-10-29-18-7-8-20-19(12-18)17(11-21(27)28)15-25(20)3/h7-8,12-15H,4-6,9-11H2,1-3H3,(H,27,28). The smallest absolute Gasteiger partial charge is 0.307 e. The van der Waals surface area contributed by atoms with Crippen molar-refractivity contribution in [3.63, 3.8) is 0 Å². The molecule has 1 N–H and O–H groups in total. The molecule has 0 saturated carbocycles. The molecule has 0 amide bonds. The Labute approximate surface area is 171 Å². The van der Waals surface area contributed by atoms with E-state index >= 15 is 0 Å². The molecular weight excluding hydrogens is 368 g/mol. The number of hydrogen-bond acceptors (Lipinski definition) is 5. The van der Waals surface area contributed by atoms with Crippen LogP contribution < -0.4 is 9.64 Å². The summed E-state index contributed by atoms with van der Waals surface area (Å²) in [5.74, 6) is 0.660. The molecule has 0 atom stereocenters. The summed E-state index contributed by atoms with van der Waals surface area (Å²) in [6, 6.07) is 5.83. The fraction of sp³-hybridized carbons (Fsp3) is 0.409. The van der Waals surface area contributed by atoms with Crippen LogP contribution in [-0.2, 0) is 24.7 Å². The molecule has 0 radical (unpaired) electrons. The predicted octanol–water partition coefficient (Wildman–Crippen LogP) is 3.45. The quantitative estimate of drug-likeness (QED) is 0.529. The minimum absolute atomic E-state index is 0.00305. The molecule has 3 aromatic rings. The molecule has 3 rings (SSSR count). The van der Waals surface area contributed by atoms with Gasteiger partial charge in [0.05, 0.1) is 13.0 Å². The average molecular weight is 396 g/mol. The molecule has 0 aliphatic carbocycles. The summed E-state index contributed by atoms with van der Waals surface area (Å²) in [7, 11) is 1.92. The van der Waals surface area contributed by atoms with Gasteiger partial charge in [-0.25, -0.2) is 9.97 Å². The summed E-state index contributed by atoms with van der Waals surface area (Å²) in [6.45, 7) is 6.38. The van der Waals surface area contributed by atoms with Gasteiger partial charge in [0, 0.05) is 49.6 Å². The van der Waals surface area contributed by atoms with Gasteiger partial charge in [0.15, 0.2) is 0 Å². The largest absolute Gasteiger partial charge is 0.494 e. The first-order valence-corrected chi connectivity index (χ1v) is 10.00. The summed E-state index contributed by atoms with van der Waals surface area (Å²) >= 11 is 0. The SMILES string of the molecule is CCc1cnc(N(CC)CCCOc2ccc3c(c2)c(CC(=O)O)cn3C)nc1. The van der Waals surface area contributed by atoms with E-state index in [-0.39, 0.29) is 6.42 Å². The van der Waals surface area contributed by atoms with Crippen molar-refractivity contribution in [3.8, 4) is 5.75 Å². The molecule has 7 nitrogen and oxygen atoms in total. The van der Waals surface area contributed by atoms with Crippen LogP contribution in [0.4, 0.5) is 5.95 Å². The minimum atomic E-state index is -0.835. The van der Waals surface area contributed by atoms with Crippen molar-refractivity contribution in [2.24, 2.45) is 7.05 Å². The summed E-state index contributed by atoms with van der Waals surface area (Å²) in [5, 5.41) is 10.0. The second-order valence-corrected chi connectivity index (χ2v) is 7.04. The van der Waals surface area contributed by atoms with E-state index in [0.717, 1.165) is 59.7 Å². The minimum Gasteiger partial charge on any atom is -0.494 e. The molecule has 0 fully saturated rings. The first kappa shape index (κ1) is 20.6. The summed E-state index contributed by atoms with van der Waals surface area (Å²) in [5.41, 5.74) is 2.93. The number of fused-ring (bicyclic) bond motifs is 1. The number of carboxylic acids is 1. The number of aromatic nitrogens is 3. The van der Waals surface area contributed by atoms with Gasteiger partial charge in [0.25, 0.3) is 0 Å². The second-order valence-electron chi connectivity index (χ2n) is 7.04. The number of rotatable bonds is 10. The number of aryl methyl sites for hydroxylation is 2. The zero-order valence-corrected chi connectivity index (χ0v) is 17.3. The van der Waals surface area contributed by atoms with Crippen molar-refractivity contribution in [2.45, 2.75) is 33.1 Å². The molecule has 29 heavy (non-hydrogen) atoms. The number of hydrogen-bond donors (Lipinski definition) is 1. The van der Waals surface area contributed by atoms with Gasteiger partial charge in [-0.05, 0) is 49.1 Å². The molecule has 154 valence electrons. The molecule has 0 bridgehead atoms. The Balaban J connectivity index is 1.59. The lowest BCUT2D eigenvalue weighted by Crippen LogP contribution is -2.27. The molecule has 0 aliphatic heterocycles. The van der Waals surface area contributed by atoms with E-state index in [4.69, 9.17) is 9.84 Å². The monoisotopic (exact) mass is 396 g/mol. The highest BCUT2D eigenvalue weighted by Gasteiger charge is 2.11. The number of carbonyl (C=O) groups is 1.